The predicted molar refractivity (Wildman–Crippen MR) is 138 cm³/mol. The van der Waals surface area contributed by atoms with Crippen LogP contribution < -0.4 is 15.5 Å². The molecule has 0 aliphatic carbocycles. The highest BCUT2D eigenvalue weighted by Crippen LogP contribution is 2.21. The number of hydrogen-bond acceptors (Lipinski definition) is 4. The zero-order chi connectivity index (χ0) is 23.2. The van der Waals surface area contributed by atoms with E-state index in [4.69, 9.17) is 12.2 Å². The summed E-state index contributed by atoms with van der Waals surface area (Å²) in [7, 11) is 0. The van der Waals surface area contributed by atoms with Crippen molar-refractivity contribution in [2.24, 2.45) is 0 Å². The van der Waals surface area contributed by atoms with Crippen LogP contribution in [0.15, 0.2) is 77.3 Å². The predicted octanol–water partition coefficient (Wildman–Crippen LogP) is 5.04. The van der Waals surface area contributed by atoms with Crippen molar-refractivity contribution in [1.82, 2.24) is 10.2 Å². The number of anilines is 2. The Hall–Kier alpha value is -2.81. The summed E-state index contributed by atoms with van der Waals surface area (Å²) in [5.41, 5.74) is 3.20. The normalized spacial score (nSPS) is 14.1. The van der Waals surface area contributed by atoms with E-state index in [1.54, 1.807) is 18.2 Å². The number of hydrogen-bond donors (Lipinski definition) is 2. The summed E-state index contributed by atoms with van der Waals surface area (Å²) in [6.07, 6.45) is 0. The van der Waals surface area contributed by atoms with E-state index in [1.165, 1.54) is 6.07 Å². The van der Waals surface area contributed by atoms with Crippen LogP contribution in [0.5, 0.6) is 0 Å². The van der Waals surface area contributed by atoms with Crippen LogP contribution in [0.3, 0.4) is 0 Å². The van der Waals surface area contributed by atoms with Gasteiger partial charge < -0.3 is 10.2 Å². The third-order valence-electron chi connectivity index (χ3n) is 5.55. The maximum atomic E-state index is 13.9. The molecule has 3 aromatic rings. The molecular weight excluding hydrogens is 503 g/mol. The zero-order valence-electron chi connectivity index (χ0n) is 17.9. The molecule has 4 rings (SSSR count). The largest absolute Gasteiger partial charge is 0.369 e. The van der Waals surface area contributed by atoms with E-state index in [9.17, 15) is 9.18 Å². The molecule has 1 aliphatic heterocycles. The molecule has 0 aromatic heterocycles. The molecule has 170 valence electrons. The second kappa shape index (κ2) is 10.9. The fourth-order valence-electron chi connectivity index (χ4n) is 3.73. The molecule has 0 saturated carbocycles. The van der Waals surface area contributed by atoms with Crippen molar-refractivity contribution in [3.05, 3.63) is 94.2 Å². The maximum Gasteiger partial charge on any atom is 0.257 e. The summed E-state index contributed by atoms with van der Waals surface area (Å²) in [6.45, 7) is 4.14. The van der Waals surface area contributed by atoms with Crippen molar-refractivity contribution in [2.45, 2.75) is 6.54 Å². The van der Waals surface area contributed by atoms with Crippen LogP contribution in [0.2, 0.25) is 0 Å². The number of amides is 1. The summed E-state index contributed by atoms with van der Waals surface area (Å²) < 4.78 is 14.8. The SMILES string of the molecule is O=C(NC(=S)Nc1ccc(N2CCN(Cc3ccccc3F)CC2)cc1)c1ccc(Br)cc1. The molecule has 8 heteroatoms. The first-order valence-electron chi connectivity index (χ1n) is 10.7. The summed E-state index contributed by atoms with van der Waals surface area (Å²) in [6, 6.07) is 22.0. The lowest BCUT2D eigenvalue weighted by Crippen LogP contribution is -2.46. The fraction of sp³-hybridized carbons (Fsp3) is 0.200. The van der Waals surface area contributed by atoms with Gasteiger partial charge in [-0.2, -0.15) is 0 Å². The lowest BCUT2D eigenvalue weighted by Gasteiger charge is -2.36. The van der Waals surface area contributed by atoms with E-state index in [1.807, 2.05) is 48.5 Å². The van der Waals surface area contributed by atoms with Gasteiger partial charge >= 0.3 is 0 Å². The average Bonchev–Trinajstić information content (AvgIpc) is 2.82. The number of halogens is 2. The van der Waals surface area contributed by atoms with Crippen molar-refractivity contribution >= 4 is 50.5 Å². The number of piperazine rings is 1. The number of thiocarbonyl (C=S) groups is 1. The Morgan fingerprint density at radius 3 is 2.27 bits per heavy atom. The topological polar surface area (TPSA) is 47.6 Å². The summed E-state index contributed by atoms with van der Waals surface area (Å²) in [5.74, 6) is -0.404. The zero-order valence-corrected chi connectivity index (χ0v) is 20.3. The highest BCUT2D eigenvalue weighted by atomic mass is 79.9. The summed E-state index contributed by atoms with van der Waals surface area (Å²) >= 11 is 8.63. The molecule has 0 spiro atoms. The van der Waals surface area contributed by atoms with E-state index in [0.717, 1.165) is 47.6 Å². The van der Waals surface area contributed by atoms with Crippen LogP contribution in [0.1, 0.15) is 15.9 Å². The molecule has 5 nitrogen and oxygen atoms in total. The maximum absolute atomic E-state index is 13.9. The van der Waals surface area contributed by atoms with E-state index in [2.05, 4.69) is 36.4 Å². The average molecular weight is 527 g/mol. The molecule has 1 amide bonds. The van der Waals surface area contributed by atoms with Gasteiger partial charge in [0.1, 0.15) is 5.82 Å². The fourth-order valence-corrected chi connectivity index (χ4v) is 4.20. The minimum atomic E-state index is -0.259. The molecular formula is C25H24BrFN4OS. The standard InChI is InChI=1S/C25H24BrFN4OS/c26-20-7-5-18(6-8-20)24(32)29-25(33)28-21-9-11-22(12-10-21)31-15-13-30(14-16-31)17-19-3-1-2-4-23(19)27/h1-12H,13-17H2,(H2,28,29,32,33). The van der Waals surface area contributed by atoms with Crippen molar-refractivity contribution < 1.29 is 9.18 Å². The number of rotatable bonds is 5. The van der Waals surface area contributed by atoms with Crippen molar-refractivity contribution in [2.75, 3.05) is 36.4 Å². The van der Waals surface area contributed by atoms with Crippen LogP contribution in [0.4, 0.5) is 15.8 Å². The number of benzene rings is 3. The molecule has 33 heavy (non-hydrogen) atoms. The molecule has 2 N–H and O–H groups in total. The van der Waals surface area contributed by atoms with Gasteiger partial charge in [0.15, 0.2) is 5.11 Å². The number of carbonyl (C=O) groups excluding carboxylic acids is 1. The number of carbonyl (C=O) groups is 1. The number of nitrogens with zero attached hydrogens (tertiary/aromatic N) is 2. The molecule has 1 aliphatic rings. The van der Waals surface area contributed by atoms with Gasteiger partial charge in [-0.3, -0.25) is 15.0 Å². The summed E-state index contributed by atoms with van der Waals surface area (Å²) in [4.78, 5) is 16.9. The Bertz CT molecular complexity index is 1120. The monoisotopic (exact) mass is 526 g/mol. The van der Waals surface area contributed by atoms with Crippen molar-refractivity contribution in [1.29, 1.82) is 0 Å². The highest BCUT2D eigenvalue weighted by molar-refractivity contribution is 9.10. The lowest BCUT2D eigenvalue weighted by molar-refractivity contribution is 0.0977. The van der Waals surface area contributed by atoms with Crippen LogP contribution in [-0.2, 0) is 6.54 Å². The first-order chi connectivity index (χ1) is 16.0. The Labute approximate surface area is 206 Å². The molecule has 0 atom stereocenters. The third kappa shape index (κ3) is 6.37. The van der Waals surface area contributed by atoms with Gasteiger partial charge in [0, 0.05) is 59.7 Å². The van der Waals surface area contributed by atoms with Gasteiger partial charge in [0.25, 0.3) is 5.91 Å². The van der Waals surface area contributed by atoms with Crippen molar-refractivity contribution in [3.63, 3.8) is 0 Å². The van der Waals surface area contributed by atoms with Gasteiger partial charge in [-0.15, -0.1) is 0 Å². The molecule has 3 aromatic carbocycles. The van der Waals surface area contributed by atoms with Gasteiger partial charge in [0.2, 0.25) is 0 Å². The second-order valence-electron chi connectivity index (χ2n) is 7.82. The van der Waals surface area contributed by atoms with Crippen LogP contribution in [-0.4, -0.2) is 42.1 Å². The second-order valence-corrected chi connectivity index (χ2v) is 9.14. The van der Waals surface area contributed by atoms with Gasteiger partial charge in [-0.1, -0.05) is 34.1 Å². The van der Waals surface area contributed by atoms with E-state index < -0.39 is 0 Å². The lowest BCUT2D eigenvalue weighted by atomic mass is 10.1. The minimum Gasteiger partial charge on any atom is -0.369 e. The van der Waals surface area contributed by atoms with E-state index >= 15 is 0 Å². The molecule has 1 fully saturated rings. The van der Waals surface area contributed by atoms with E-state index in [0.29, 0.717) is 12.1 Å². The first-order valence-corrected chi connectivity index (χ1v) is 11.9. The Balaban J connectivity index is 1.26. The summed E-state index contributed by atoms with van der Waals surface area (Å²) in [5, 5.41) is 5.99. The first kappa shape index (κ1) is 23.4. The van der Waals surface area contributed by atoms with Gasteiger partial charge in [0.05, 0.1) is 0 Å². The van der Waals surface area contributed by atoms with E-state index in [-0.39, 0.29) is 16.8 Å². The van der Waals surface area contributed by atoms with Crippen LogP contribution in [0.25, 0.3) is 0 Å². The Morgan fingerprint density at radius 1 is 0.939 bits per heavy atom. The highest BCUT2D eigenvalue weighted by Gasteiger charge is 2.18. The molecule has 1 saturated heterocycles. The Morgan fingerprint density at radius 2 is 1.61 bits per heavy atom. The molecule has 0 bridgehead atoms. The van der Waals surface area contributed by atoms with Gasteiger partial charge in [-0.25, -0.2) is 4.39 Å². The molecule has 0 unspecified atom stereocenters. The molecule has 1 heterocycles. The quantitative estimate of drug-likeness (QED) is 0.456. The smallest absolute Gasteiger partial charge is 0.257 e. The number of nitrogens with one attached hydrogen (secondary N) is 2. The van der Waals surface area contributed by atoms with Crippen LogP contribution >= 0.6 is 28.1 Å². The minimum absolute atomic E-state index is 0.144. The molecule has 0 radical (unpaired) electrons. The Kier molecular flexibility index (Phi) is 7.69. The van der Waals surface area contributed by atoms with Crippen LogP contribution in [0, 0.1) is 5.82 Å². The van der Waals surface area contributed by atoms with Gasteiger partial charge in [-0.05, 0) is 66.8 Å². The van der Waals surface area contributed by atoms with Crippen molar-refractivity contribution in [3.8, 4) is 0 Å². The third-order valence-corrected chi connectivity index (χ3v) is 6.28.